The number of hydrogen-bond acceptors (Lipinski definition) is 7. The van der Waals surface area contributed by atoms with Crippen LogP contribution in [0.25, 0.3) is 0 Å². The van der Waals surface area contributed by atoms with E-state index in [9.17, 15) is 9.59 Å². The largest absolute Gasteiger partial charge is 0.454 e. The van der Waals surface area contributed by atoms with E-state index in [1.165, 1.54) is 0 Å². The normalized spacial score (nSPS) is 37.1. The van der Waals surface area contributed by atoms with E-state index in [1.807, 2.05) is 0 Å². The van der Waals surface area contributed by atoms with Crippen LogP contribution in [0.5, 0.6) is 0 Å². The van der Waals surface area contributed by atoms with Gasteiger partial charge in [0.05, 0.1) is 5.56 Å². The summed E-state index contributed by atoms with van der Waals surface area (Å²) in [5.74, 6) is -2.03. The van der Waals surface area contributed by atoms with Gasteiger partial charge in [0.1, 0.15) is 6.10 Å². The zero-order chi connectivity index (χ0) is 16.2. The molecular formula is C16H16O7. The van der Waals surface area contributed by atoms with Crippen molar-refractivity contribution in [2.75, 3.05) is 0 Å². The highest BCUT2D eigenvalue weighted by Crippen LogP contribution is 2.43. The first kappa shape index (κ1) is 14.6. The van der Waals surface area contributed by atoms with Crippen LogP contribution in [0.1, 0.15) is 24.2 Å². The van der Waals surface area contributed by atoms with Crippen molar-refractivity contribution < 1.29 is 33.3 Å². The van der Waals surface area contributed by atoms with Crippen LogP contribution in [0.3, 0.4) is 0 Å². The highest BCUT2D eigenvalue weighted by atomic mass is 16.8. The maximum absolute atomic E-state index is 12.1. The molecule has 3 heterocycles. The van der Waals surface area contributed by atoms with Crippen LogP contribution in [0.2, 0.25) is 0 Å². The second-order valence-electron chi connectivity index (χ2n) is 6.16. The number of carbonyl (C=O) groups excluding carboxylic acids is 2. The molecule has 0 spiro atoms. The second-order valence-corrected chi connectivity index (χ2v) is 6.16. The number of carbonyl (C=O) groups is 2. The van der Waals surface area contributed by atoms with Gasteiger partial charge in [-0.1, -0.05) is 18.2 Å². The molecule has 3 aliphatic rings. The Morgan fingerprint density at radius 1 is 1.09 bits per heavy atom. The number of rotatable bonds is 2. The summed E-state index contributed by atoms with van der Waals surface area (Å²) in [6.07, 6.45) is -3.62. The number of hydrogen-bond donors (Lipinski definition) is 0. The summed E-state index contributed by atoms with van der Waals surface area (Å²) in [7, 11) is 0. The van der Waals surface area contributed by atoms with Crippen molar-refractivity contribution in [1.29, 1.82) is 0 Å². The van der Waals surface area contributed by atoms with Gasteiger partial charge >= 0.3 is 11.9 Å². The lowest BCUT2D eigenvalue weighted by molar-refractivity contribution is -0.214. The molecule has 0 aliphatic carbocycles. The minimum atomic E-state index is -1.12. The van der Waals surface area contributed by atoms with Crippen LogP contribution >= 0.6 is 0 Å². The molecule has 4 rings (SSSR count). The highest BCUT2D eigenvalue weighted by Gasteiger charge is 2.64. The number of esters is 2. The molecule has 0 N–H and O–H groups in total. The van der Waals surface area contributed by atoms with E-state index in [0.717, 1.165) is 0 Å². The summed E-state index contributed by atoms with van der Waals surface area (Å²) in [6.45, 7) is 3.51. The van der Waals surface area contributed by atoms with Crippen molar-refractivity contribution in [2.45, 2.75) is 50.3 Å². The Hall–Kier alpha value is -1.96. The van der Waals surface area contributed by atoms with E-state index in [2.05, 4.69) is 0 Å². The fraction of sp³-hybridized carbons (Fsp3) is 0.500. The molecule has 122 valence electrons. The topological polar surface area (TPSA) is 80.3 Å². The van der Waals surface area contributed by atoms with E-state index < -0.39 is 48.4 Å². The van der Waals surface area contributed by atoms with Gasteiger partial charge < -0.3 is 23.7 Å². The van der Waals surface area contributed by atoms with Gasteiger partial charge in [-0.25, -0.2) is 9.59 Å². The Balaban J connectivity index is 1.49. The molecule has 7 heteroatoms. The Morgan fingerprint density at radius 2 is 1.83 bits per heavy atom. The molecule has 7 nitrogen and oxygen atoms in total. The highest BCUT2D eigenvalue weighted by molar-refractivity contribution is 5.92. The predicted octanol–water partition coefficient (Wildman–Crippen LogP) is 1.01. The Morgan fingerprint density at radius 3 is 2.57 bits per heavy atom. The Labute approximate surface area is 132 Å². The summed E-state index contributed by atoms with van der Waals surface area (Å²) in [4.78, 5) is 24.2. The van der Waals surface area contributed by atoms with Crippen LogP contribution in [-0.2, 0) is 28.5 Å². The molecule has 0 amide bonds. The van der Waals surface area contributed by atoms with E-state index in [4.69, 9.17) is 23.7 Å². The first-order chi connectivity index (χ1) is 10.9. The molecule has 0 saturated carbocycles. The summed E-state index contributed by atoms with van der Waals surface area (Å²) in [5.41, 5.74) is 0.357. The Kier molecular flexibility index (Phi) is 3.19. The monoisotopic (exact) mass is 320 g/mol. The average Bonchev–Trinajstić information content (AvgIpc) is 3.08. The van der Waals surface area contributed by atoms with E-state index in [0.29, 0.717) is 5.56 Å². The quantitative estimate of drug-likeness (QED) is 0.752. The molecule has 3 aliphatic heterocycles. The molecular weight excluding hydrogens is 304 g/mol. The first-order valence-electron chi connectivity index (χ1n) is 7.42. The van der Waals surface area contributed by atoms with Gasteiger partial charge in [-0.05, 0) is 26.0 Å². The SMILES string of the molecule is CC1(C)OC2O[C@@H]3C(OC(=O)c4ccccc4)C(=O)O[C@@H]3C2O1. The minimum Gasteiger partial charge on any atom is -0.454 e. The lowest BCUT2D eigenvalue weighted by Gasteiger charge is -2.21. The van der Waals surface area contributed by atoms with Crippen molar-refractivity contribution in [3.05, 3.63) is 35.9 Å². The van der Waals surface area contributed by atoms with Crippen LogP contribution in [0, 0.1) is 0 Å². The summed E-state index contributed by atoms with van der Waals surface area (Å²) in [5, 5.41) is 0. The zero-order valence-corrected chi connectivity index (χ0v) is 12.6. The van der Waals surface area contributed by atoms with Gasteiger partial charge in [-0.15, -0.1) is 0 Å². The average molecular weight is 320 g/mol. The van der Waals surface area contributed by atoms with Crippen molar-refractivity contribution in [3.63, 3.8) is 0 Å². The van der Waals surface area contributed by atoms with Crippen molar-refractivity contribution in [1.82, 2.24) is 0 Å². The summed E-state index contributed by atoms with van der Waals surface area (Å²) in [6, 6.07) is 8.44. The molecule has 0 aromatic heterocycles. The molecule has 0 bridgehead atoms. The van der Waals surface area contributed by atoms with Gasteiger partial charge in [-0.2, -0.15) is 0 Å². The summed E-state index contributed by atoms with van der Waals surface area (Å²) < 4.78 is 27.6. The zero-order valence-electron chi connectivity index (χ0n) is 12.6. The minimum absolute atomic E-state index is 0.357. The predicted molar refractivity (Wildman–Crippen MR) is 74.2 cm³/mol. The molecule has 23 heavy (non-hydrogen) atoms. The van der Waals surface area contributed by atoms with Gasteiger partial charge in [0, 0.05) is 0 Å². The molecule has 3 unspecified atom stereocenters. The number of benzene rings is 1. The molecule has 1 aromatic rings. The smallest absolute Gasteiger partial charge is 0.350 e. The Bertz CT molecular complexity index is 641. The maximum Gasteiger partial charge on any atom is 0.350 e. The second kappa shape index (κ2) is 5.02. The summed E-state index contributed by atoms with van der Waals surface area (Å²) >= 11 is 0. The fourth-order valence-corrected chi connectivity index (χ4v) is 3.09. The fourth-order valence-electron chi connectivity index (χ4n) is 3.09. The number of ether oxygens (including phenoxy) is 5. The third-order valence-corrected chi connectivity index (χ3v) is 4.05. The first-order valence-corrected chi connectivity index (χ1v) is 7.42. The standard InChI is InChI=1S/C16H16O7/c1-16(2)22-12-10-9(21-15(12)23-16)11(14(18)19-10)20-13(17)8-6-4-3-5-7-8/h3-7,9-12,15H,1-2H3/t9-,10-,11?,12?,15?/m0/s1. The van der Waals surface area contributed by atoms with Gasteiger partial charge in [0.25, 0.3) is 0 Å². The van der Waals surface area contributed by atoms with Crippen molar-refractivity contribution >= 4 is 11.9 Å². The van der Waals surface area contributed by atoms with Crippen LogP contribution in [0.15, 0.2) is 30.3 Å². The third-order valence-electron chi connectivity index (χ3n) is 4.05. The van der Waals surface area contributed by atoms with Gasteiger partial charge in [0.2, 0.25) is 6.10 Å². The van der Waals surface area contributed by atoms with E-state index in [1.54, 1.807) is 44.2 Å². The van der Waals surface area contributed by atoms with E-state index in [-0.39, 0.29) is 0 Å². The number of fused-ring (bicyclic) bond motifs is 3. The van der Waals surface area contributed by atoms with Gasteiger partial charge in [0.15, 0.2) is 24.3 Å². The maximum atomic E-state index is 12.1. The molecule has 5 atom stereocenters. The van der Waals surface area contributed by atoms with Crippen LogP contribution < -0.4 is 0 Å². The van der Waals surface area contributed by atoms with Crippen LogP contribution in [0.4, 0.5) is 0 Å². The van der Waals surface area contributed by atoms with Crippen LogP contribution in [-0.4, -0.2) is 48.4 Å². The molecule has 3 saturated heterocycles. The molecule has 0 radical (unpaired) electrons. The van der Waals surface area contributed by atoms with Crippen molar-refractivity contribution in [3.8, 4) is 0 Å². The van der Waals surface area contributed by atoms with Gasteiger partial charge in [-0.3, -0.25) is 0 Å². The molecule has 1 aromatic carbocycles. The lowest BCUT2D eigenvalue weighted by Crippen LogP contribution is -2.37. The van der Waals surface area contributed by atoms with Crippen molar-refractivity contribution in [2.24, 2.45) is 0 Å². The third kappa shape index (κ3) is 2.41. The van der Waals surface area contributed by atoms with E-state index >= 15 is 0 Å². The lowest BCUT2D eigenvalue weighted by atomic mass is 10.1. The molecule has 3 fully saturated rings.